The number of aliphatic hydroxyl groups is 1. The fourth-order valence-corrected chi connectivity index (χ4v) is 2.31. The Hall–Kier alpha value is -1.58. The number of halogens is 2. The highest BCUT2D eigenvalue weighted by atomic mass is 35.5. The summed E-state index contributed by atoms with van der Waals surface area (Å²) in [6.45, 7) is 1.65. The van der Waals surface area contributed by atoms with Crippen molar-refractivity contribution in [3.05, 3.63) is 63.9 Å². The van der Waals surface area contributed by atoms with E-state index in [9.17, 15) is 9.50 Å². The van der Waals surface area contributed by atoms with Crippen molar-refractivity contribution in [2.75, 3.05) is 7.11 Å². The number of rotatable bonds is 4. The lowest BCUT2D eigenvalue weighted by molar-refractivity contribution is 0.178. The van der Waals surface area contributed by atoms with E-state index >= 15 is 0 Å². The first-order valence-electron chi connectivity index (χ1n) is 6.28. The first-order chi connectivity index (χ1) is 9.51. The molecular weight excluding hydrogens is 279 g/mol. The fourth-order valence-electron chi connectivity index (χ4n) is 2.03. The van der Waals surface area contributed by atoms with Crippen LogP contribution in [0.1, 0.15) is 22.8 Å². The summed E-state index contributed by atoms with van der Waals surface area (Å²) in [6, 6.07) is 10.3. The molecule has 0 spiro atoms. The second-order valence-electron chi connectivity index (χ2n) is 4.69. The van der Waals surface area contributed by atoms with Crippen molar-refractivity contribution < 1.29 is 14.2 Å². The van der Waals surface area contributed by atoms with Crippen molar-refractivity contribution in [1.82, 2.24) is 0 Å². The third kappa shape index (κ3) is 3.30. The number of hydrogen-bond acceptors (Lipinski definition) is 2. The van der Waals surface area contributed by atoms with E-state index in [2.05, 4.69) is 0 Å². The predicted octanol–water partition coefficient (Wildman–Crippen LogP) is 4.07. The van der Waals surface area contributed by atoms with Crippen LogP contribution < -0.4 is 4.74 Å². The summed E-state index contributed by atoms with van der Waals surface area (Å²) in [5, 5.41) is 10.5. The van der Waals surface area contributed by atoms with Gasteiger partial charge in [0.15, 0.2) is 0 Å². The number of benzene rings is 2. The lowest BCUT2D eigenvalue weighted by atomic mass is 9.99. The van der Waals surface area contributed by atoms with Crippen LogP contribution in [0.4, 0.5) is 4.39 Å². The van der Waals surface area contributed by atoms with Crippen molar-refractivity contribution in [2.24, 2.45) is 0 Å². The molecule has 0 aliphatic rings. The molecule has 0 saturated carbocycles. The molecule has 0 radical (unpaired) electrons. The second kappa shape index (κ2) is 6.25. The van der Waals surface area contributed by atoms with E-state index < -0.39 is 6.10 Å². The Balaban J connectivity index is 2.18. The molecule has 2 aromatic carbocycles. The summed E-state index contributed by atoms with van der Waals surface area (Å²) in [4.78, 5) is 0. The van der Waals surface area contributed by atoms with E-state index in [0.717, 1.165) is 11.3 Å². The zero-order valence-corrected chi connectivity index (χ0v) is 12.1. The van der Waals surface area contributed by atoms with Crippen LogP contribution in [-0.2, 0) is 6.42 Å². The monoisotopic (exact) mass is 294 g/mol. The number of aliphatic hydroxyl groups excluding tert-OH is 1. The molecule has 2 nitrogen and oxygen atoms in total. The minimum Gasteiger partial charge on any atom is -0.497 e. The van der Waals surface area contributed by atoms with Gasteiger partial charge in [0, 0.05) is 11.4 Å². The molecule has 1 N–H and O–H groups in total. The maximum Gasteiger partial charge on any atom is 0.127 e. The Labute approximate surface area is 122 Å². The Bertz CT molecular complexity index is 596. The van der Waals surface area contributed by atoms with Gasteiger partial charge < -0.3 is 9.84 Å². The lowest BCUT2D eigenvalue weighted by Crippen LogP contribution is -2.04. The molecule has 0 heterocycles. The molecule has 0 aromatic heterocycles. The van der Waals surface area contributed by atoms with Crippen LogP contribution >= 0.6 is 11.6 Å². The highest BCUT2D eigenvalue weighted by Crippen LogP contribution is 2.28. The SMILES string of the molecule is COc1ccc(CC(O)c2cc(C)c(F)cc2Cl)cc1. The van der Waals surface area contributed by atoms with Crippen LogP contribution in [0.5, 0.6) is 5.75 Å². The minimum absolute atomic E-state index is 0.245. The van der Waals surface area contributed by atoms with Gasteiger partial charge in [-0.25, -0.2) is 4.39 Å². The standard InChI is InChI=1S/C16H16ClFO2/c1-10-7-13(14(17)9-15(10)18)16(19)8-11-3-5-12(20-2)6-4-11/h3-7,9,16,19H,8H2,1-2H3. The summed E-state index contributed by atoms with van der Waals surface area (Å²) < 4.78 is 18.4. The zero-order chi connectivity index (χ0) is 14.7. The van der Waals surface area contributed by atoms with Crippen molar-refractivity contribution in [3.63, 3.8) is 0 Å². The van der Waals surface area contributed by atoms with Gasteiger partial charge in [-0.2, -0.15) is 0 Å². The summed E-state index contributed by atoms with van der Waals surface area (Å²) in [7, 11) is 1.60. The quantitative estimate of drug-likeness (QED) is 0.921. The maximum absolute atomic E-state index is 13.4. The molecule has 0 aliphatic carbocycles. The fraction of sp³-hybridized carbons (Fsp3) is 0.250. The molecule has 0 fully saturated rings. The molecule has 20 heavy (non-hydrogen) atoms. The molecule has 4 heteroatoms. The molecule has 106 valence electrons. The Kier molecular flexibility index (Phi) is 4.63. The normalized spacial score (nSPS) is 12.2. The molecule has 0 saturated heterocycles. The summed E-state index contributed by atoms with van der Waals surface area (Å²) >= 11 is 5.99. The van der Waals surface area contributed by atoms with Gasteiger partial charge in [-0.05, 0) is 47.9 Å². The van der Waals surface area contributed by atoms with Crippen molar-refractivity contribution in [2.45, 2.75) is 19.4 Å². The van der Waals surface area contributed by atoms with Crippen LogP contribution in [0.2, 0.25) is 5.02 Å². The lowest BCUT2D eigenvalue weighted by Gasteiger charge is -2.14. The smallest absolute Gasteiger partial charge is 0.127 e. The van der Waals surface area contributed by atoms with E-state index in [0.29, 0.717) is 17.5 Å². The third-order valence-electron chi connectivity index (χ3n) is 3.23. The Morgan fingerprint density at radius 2 is 1.90 bits per heavy atom. The van der Waals surface area contributed by atoms with Gasteiger partial charge in [0.2, 0.25) is 0 Å². The van der Waals surface area contributed by atoms with Crippen LogP contribution in [0.25, 0.3) is 0 Å². The molecule has 0 bridgehead atoms. The van der Waals surface area contributed by atoms with Crippen LogP contribution in [0.3, 0.4) is 0 Å². The molecule has 1 unspecified atom stereocenters. The molecule has 1 atom stereocenters. The average molecular weight is 295 g/mol. The molecule has 2 rings (SSSR count). The van der Waals surface area contributed by atoms with E-state index in [1.54, 1.807) is 20.1 Å². The van der Waals surface area contributed by atoms with Gasteiger partial charge in [-0.1, -0.05) is 23.7 Å². The number of methoxy groups -OCH3 is 1. The average Bonchev–Trinajstić information content (AvgIpc) is 2.43. The van der Waals surface area contributed by atoms with Crippen LogP contribution in [-0.4, -0.2) is 12.2 Å². The summed E-state index contributed by atoms with van der Waals surface area (Å²) in [5.74, 6) is 0.397. The Morgan fingerprint density at radius 1 is 1.25 bits per heavy atom. The molecule has 0 amide bonds. The minimum atomic E-state index is -0.768. The van der Waals surface area contributed by atoms with Crippen LogP contribution in [0.15, 0.2) is 36.4 Å². The molecular formula is C16H16ClFO2. The van der Waals surface area contributed by atoms with Gasteiger partial charge in [0.05, 0.1) is 13.2 Å². The summed E-state index contributed by atoms with van der Waals surface area (Å²) in [5.41, 5.74) is 1.97. The third-order valence-corrected chi connectivity index (χ3v) is 3.55. The highest BCUT2D eigenvalue weighted by Gasteiger charge is 2.14. The van der Waals surface area contributed by atoms with Crippen molar-refractivity contribution in [3.8, 4) is 5.75 Å². The van der Waals surface area contributed by atoms with E-state index in [-0.39, 0.29) is 10.8 Å². The van der Waals surface area contributed by atoms with Crippen molar-refractivity contribution in [1.29, 1.82) is 0 Å². The van der Waals surface area contributed by atoms with Gasteiger partial charge >= 0.3 is 0 Å². The van der Waals surface area contributed by atoms with Gasteiger partial charge in [-0.15, -0.1) is 0 Å². The highest BCUT2D eigenvalue weighted by molar-refractivity contribution is 6.31. The van der Waals surface area contributed by atoms with E-state index in [4.69, 9.17) is 16.3 Å². The zero-order valence-electron chi connectivity index (χ0n) is 11.4. The largest absolute Gasteiger partial charge is 0.497 e. The molecule has 0 aliphatic heterocycles. The van der Waals surface area contributed by atoms with Gasteiger partial charge in [-0.3, -0.25) is 0 Å². The van der Waals surface area contributed by atoms with Gasteiger partial charge in [0.25, 0.3) is 0 Å². The summed E-state index contributed by atoms with van der Waals surface area (Å²) in [6.07, 6.45) is -0.357. The topological polar surface area (TPSA) is 29.5 Å². The van der Waals surface area contributed by atoms with E-state index in [1.165, 1.54) is 6.07 Å². The number of aryl methyl sites for hydroxylation is 1. The van der Waals surface area contributed by atoms with Gasteiger partial charge in [0.1, 0.15) is 11.6 Å². The van der Waals surface area contributed by atoms with Crippen molar-refractivity contribution >= 4 is 11.6 Å². The van der Waals surface area contributed by atoms with E-state index in [1.807, 2.05) is 24.3 Å². The second-order valence-corrected chi connectivity index (χ2v) is 5.10. The predicted molar refractivity (Wildman–Crippen MR) is 77.8 cm³/mol. The number of ether oxygens (including phenoxy) is 1. The maximum atomic E-state index is 13.4. The first kappa shape index (κ1) is 14.8. The first-order valence-corrected chi connectivity index (χ1v) is 6.65. The molecule has 2 aromatic rings. The van der Waals surface area contributed by atoms with Crippen LogP contribution in [0, 0.1) is 12.7 Å². The number of hydrogen-bond donors (Lipinski definition) is 1. The Morgan fingerprint density at radius 3 is 2.50 bits per heavy atom.